The lowest BCUT2D eigenvalue weighted by molar-refractivity contribution is 0.0696. The number of methoxy groups -OCH3 is 1. The number of anilines is 2. The minimum Gasteiger partial charge on any atom is -0.501 e. The third-order valence-electron chi connectivity index (χ3n) is 4.93. The van der Waals surface area contributed by atoms with E-state index in [1.54, 1.807) is 43.5 Å². The summed E-state index contributed by atoms with van der Waals surface area (Å²) < 4.78 is 33.8. The number of carboxylic acid groups (broad SMARTS) is 1. The van der Waals surface area contributed by atoms with Gasteiger partial charge in [0.15, 0.2) is 11.6 Å². The van der Waals surface area contributed by atoms with Crippen LogP contribution in [0, 0.1) is 0 Å². The van der Waals surface area contributed by atoms with Gasteiger partial charge in [0.05, 0.1) is 40.4 Å². The molecule has 11 heteroatoms. The Balaban J connectivity index is 1.73. The second-order valence-electron chi connectivity index (χ2n) is 7.14. The van der Waals surface area contributed by atoms with Gasteiger partial charge in [-0.25, -0.2) is 23.2 Å². The number of halogens is 1. The molecule has 3 N–H and O–H groups in total. The van der Waals surface area contributed by atoms with Crippen LogP contribution in [0.3, 0.4) is 0 Å². The summed E-state index contributed by atoms with van der Waals surface area (Å²) in [5.74, 6) is -0.424. The van der Waals surface area contributed by atoms with Crippen molar-refractivity contribution in [1.29, 1.82) is 0 Å². The molecule has 1 unspecified atom stereocenters. The van der Waals surface area contributed by atoms with E-state index in [1.807, 2.05) is 0 Å². The lowest BCUT2D eigenvalue weighted by Gasteiger charge is -2.24. The molecule has 0 bridgehead atoms. The Labute approximate surface area is 194 Å². The molecule has 0 saturated heterocycles. The highest BCUT2D eigenvalue weighted by Crippen LogP contribution is 2.30. The van der Waals surface area contributed by atoms with Crippen LogP contribution >= 0.6 is 11.6 Å². The van der Waals surface area contributed by atoms with Gasteiger partial charge in [0, 0.05) is 11.5 Å². The van der Waals surface area contributed by atoms with Crippen molar-refractivity contribution in [2.45, 2.75) is 17.4 Å². The van der Waals surface area contributed by atoms with Crippen LogP contribution in [-0.4, -0.2) is 42.6 Å². The van der Waals surface area contributed by atoms with Gasteiger partial charge in [-0.1, -0.05) is 29.8 Å². The molecule has 9 nitrogen and oxygen atoms in total. The van der Waals surface area contributed by atoms with E-state index >= 15 is 0 Å². The monoisotopic (exact) mass is 486 g/mol. The van der Waals surface area contributed by atoms with E-state index in [-0.39, 0.29) is 22.1 Å². The van der Waals surface area contributed by atoms with Crippen LogP contribution in [0.25, 0.3) is 11.0 Å². The predicted octanol–water partition coefficient (Wildman–Crippen LogP) is 3.97. The molecule has 0 fully saturated rings. The summed E-state index contributed by atoms with van der Waals surface area (Å²) in [4.78, 5) is 20.0. The minimum atomic E-state index is -4.17. The summed E-state index contributed by atoms with van der Waals surface area (Å²) in [6, 6.07) is 11.6. The van der Waals surface area contributed by atoms with E-state index in [4.69, 9.17) is 16.3 Å². The van der Waals surface area contributed by atoms with Gasteiger partial charge in [0.2, 0.25) is 0 Å². The number of nitrogens with one attached hydrogen (secondary N) is 2. The first kappa shape index (κ1) is 22.6. The van der Waals surface area contributed by atoms with E-state index in [1.165, 1.54) is 18.2 Å². The van der Waals surface area contributed by atoms with Gasteiger partial charge in [-0.3, -0.25) is 4.72 Å². The van der Waals surface area contributed by atoms with Gasteiger partial charge in [-0.2, -0.15) is 0 Å². The van der Waals surface area contributed by atoms with Crippen molar-refractivity contribution < 1.29 is 23.1 Å². The standard InChI is InChI=1S/C22H19ClN4O5S/c1-32-14-9-10-16(23)19(12-14)26-20-21(25-18-8-3-2-7-17(18)24-20)27-33(30,31)15-6-4-5-13(11-15)22(28)29/h2-11,19H,12H2,1H3,(H,24,26)(H,25,27)(H,28,29). The number of para-hydroxylation sites is 2. The Morgan fingerprint density at radius 1 is 1.09 bits per heavy atom. The largest absolute Gasteiger partial charge is 0.501 e. The van der Waals surface area contributed by atoms with Crippen LogP contribution in [0.4, 0.5) is 11.6 Å². The second kappa shape index (κ2) is 9.08. The third-order valence-corrected chi connectivity index (χ3v) is 6.66. The average Bonchev–Trinajstić information content (AvgIpc) is 2.80. The number of rotatable bonds is 7. The molecule has 1 heterocycles. The van der Waals surface area contributed by atoms with Crippen LogP contribution in [0.1, 0.15) is 16.8 Å². The van der Waals surface area contributed by atoms with E-state index in [0.29, 0.717) is 28.2 Å². The maximum Gasteiger partial charge on any atom is 0.335 e. The van der Waals surface area contributed by atoms with Gasteiger partial charge in [0.25, 0.3) is 10.0 Å². The number of hydrogen-bond donors (Lipinski definition) is 3. The Morgan fingerprint density at radius 2 is 1.79 bits per heavy atom. The zero-order chi connectivity index (χ0) is 23.6. The molecule has 33 heavy (non-hydrogen) atoms. The Kier molecular flexibility index (Phi) is 6.21. The van der Waals surface area contributed by atoms with Crippen LogP contribution in [0.15, 0.2) is 76.4 Å². The number of sulfonamides is 1. The topological polar surface area (TPSA) is 131 Å². The van der Waals surface area contributed by atoms with Crippen molar-refractivity contribution in [3.8, 4) is 0 Å². The fraction of sp³-hybridized carbons (Fsp3) is 0.136. The van der Waals surface area contributed by atoms with Crippen molar-refractivity contribution in [3.63, 3.8) is 0 Å². The number of aromatic nitrogens is 2. The molecule has 170 valence electrons. The van der Waals surface area contributed by atoms with Gasteiger partial charge < -0.3 is 15.2 Å². The number of ether oxygens (including phenoxy) is 1. The van der Waals surface area contributed by atoms with E-state index in [2.05, 4.69) is 20.0 Å². The van der Waals surface area contributed by atoms with Crippen LogP contribution in [-0.2, 0) is 14.8 Å². The molecule has 3 aromatic rings. The Morgan fingerprint density at radius 3 is 2.45 bits per heavy atom. The average molecular weight is 487 g/mol. The highest BCUT2D eigenvalue weighted by atomic mass is 35.5. The first-order valence-electron chi connectivity index (χ1n) is 9.76. The molecular weight excluding hydrogens is 468 g/mol. The molecule has 0 spiro atoms. The number of carbonyl (C=O) groups is 1. The Bertz CT molecular complexity index is 1400. The third kappa shape index (κ3) is 4.91. The molecule has 0 radical (unpaired) electrons. The fourth-order valence-corrected chi connectivity index (χ4v) is 4.50. The number of hydrogen-bond acceptors (Lipinski definition) is 7. The molecule has 0 amide bonds. The van der Waals surface area contributed by atoms with Crippen molar-refractivity contribution in [1.82, 2.24) is 9.97 Å². The van der Waals surface area contributed by atoms with E-state index in [9.17, 15) is 18.3 Å². The van der Waals surface area contributed by atoms with Crippen molar-refractivity contribution in [2.24, 2.45) is 0 Å². The van der Waals surface area contributed by atoms with Crippen LogP contribution in [0.5, 0.6) is 0 Å². The lowest BCUT2D eigenvalue weighted by Crippen LogP contribution is -2.25. The molecule has 1 atom stereocenters. The molecule has 0 saturated carbocycles. The van der Waals surface area contributed by atoms with Gasteiger partial charge in [-0.05, 0) is 42.5 Å². The summed E-state index contributed by atoms with van der Waals surface area (Å²) in [5, 5.41) is 12.8. The number of aromatic carboxylic acids is 1. The normalized spacial score (nSPS) is 16.0. The molecule has 1 aromatic heterocycles. The first-order valence-corrected chi connectivity index (χ1v) is 11.6. The molecule has 0 aliphatic heterocycles. The number of allylic oxidation sites excluding steroid dienone is 2. The number of nitrogens with zero attached hydrogens (tertiary/aromatic N) is 2. The predicted molar refractivity (Wildman–Crippen MR) is 125 cm³/mol. The molecule has 2 aromatic carbocycles. The van der Waals surface area contributed by atoms with Gasteiger partial charge in [0.1, 0.15) is 0 Å². The fourth-order valence-electron chi connectivity index (χ4n) is 3.25. The van der Waals surface area contributed by atoms with Crippen LogP contribution < -0.4 is 10.0 Å². The molecule has 1 aliphatic rings. The molecule has 4 rings (SSSR count). The summed E-state index contributed by atoms with van der Waals surface area (Å²) in [5.41, 5.74) is 0.871. The lowest BCUT2D eigenvalue weighted by atomic mass is 10.1. The molecule has 1 aliphatic carbocycles. The quantitative estimate of drug-likeness (QED) is 0.457. The van der Waals surface area contributed by atoms with Crippen molar-refractivity contribution in [2.75, 3.05) is 17.1 Å². The minimum absolute atomic E-state index is 0.0487. The van der Waals surface area contributed by atoms with E-state index < -0.39 is 22.0 Å². The highest BCUT2D eigenvalue weighted by molar-refractivity contribution is 7.92. The maximum absolute atomic E-state index is 13.1. The zero-order valence-electron chi connectivity index (χ0n) is 17.3. The van der Waals surface area contributed by atoms with Crippen molar-refractivity contribution >= 4 is 50.3 Å². The summed E-state index contributed by atoms with van der Waals surface area (Å²) >= 11 is 6.36. The summed E-state index contributed by atoms with van der Waals surface area (Å²) in [6.07, 6.45) is 3.87. The second-order valence-corrected chi connectivity index (χ2v) is 9.26. The smallest absolute Gasteiger partial charge is 0.335 e. The summed E-state index contributed by atoms with van der Waals surface area (Å²) in [7, 11) is -2.62. The summed E-state index contributed by atoms with van der Waals surface area (Å²) in [6.45, 7) is 0. The van der Waals surface area contributed by atoms with Gasteiger partial charge in [-0.15, -0.1) is 0 Å². The number of carboxylic acids is 1. The van der Waals surface area contributed by atoms with Crippen molar-refractivity contribution in [3.05, 3.63) is 77.0 Å². The Hall–Kier alpha value is -3.63. The van der Waals surface area contributed by atoms with E-state index in [0.717, 1.165) is 6.07 Å². The molecular formula is C22H19ClN4O5S. The zero-order valence-corrected chi connectivity index (χ0v) is 18.9. The number of benzene rings is 2. The van der Waals surface area contributed by atoms with Gasteiger partial charge >= 0.3 is 5.97 Å². The maximum atomic E-state index is 13.1. The first-order chi connectivity index (χ1) is 15.8. The highest BCUT2D eigenvalue weighted by Gasteiger charge is 2.24. The number of fused-ring (bicyclic) bond motifs is 1. The SMILES string of the molecule is COC1=CC=C(Cl)C(Nc2nc3ccccc3nc2NS(=O)(=O)c2cccc(C(=O)O)c2)C1. The van der Waals surface area contributed by atoms with Crippen LogP contribution in [0.2, 0.25) is 0 Å².